The number of carboxylic acid groups (broad SMARTS) is 1. The Kier molecular flexibility index (Phi) is 3.38. The topological polar surface area (TPSA) is 59.7 Å². The summed E-state index contributed by atoms with van der Waals surface area (Å²) in [6.45, 7) is 2.38. The Hall–Kier alpha value is -1.97. The molecule has 2 aromatic rings. The summed E-state index contributed by atoms with van der Waals surface area (Å²) < 4.78 is 11.3. The van der Waals surface area contributed by atoms with E-state index in [4.69, 9.17) is 9.15 Å². The van der Waals surface area contributed by atoms with Gasteiger partial charge in [-0.15, -0.1) is 0 Å². The summed E-state index contributed by atoms with van der Waals surface area (Å²) in [5.74, 6) is 0.818. The minimum atomic E-state index is -0.964. The Labute approximate surface area is 117 Å². The lowest BCUT2D eigenvalue weighted by Gasteiger charge is -2.11. The monoisotopic (exact) mass is 274 g/mol. The van der Waals surface area contributed by atoms with Gasteiger partial charge in [0.2, 0.25) is 0 Å². The highest BCUT2D eigenvalue weighted by atomic mass is 16.5. The van der Waals surface area contributed by atoms with E-state index in [0.717, 1.165) is 0 Å². The van der Waals surface area contributed by atoms with Crippen molar-refractivity contribution in [1.29, 1.82) is 0 Å². The number of hydrogen-bond acceptors (Lipinski definition) is 3. The number of aryl methyl sites for hydroxylation is 1. The normalized spacial score (nSPS) is 15.8. The van der Waals surface area contributed by atoms with Crippen molar-refractivity contribution in [3.8, 4) is 5.75 Å². The summed E-state index contributed by atoms with van der Waals surface area (Å²) >= 11 is 0. The number of hydrogen-bond donors (Lipinski definition) is 1. The SMILES string of the molecule is Cc1oc2ccc(OCC3CCCC3)cc2c1C(=O)O. The number of ether oxygens (including phenoxy) is 1. The lowest BCUT2D eigenvalue weighted by Crippen LogP contribution is -2.07. The molecule has 0 aliphatic heterocycles. The smallest absolute Gasteiger partial charge is 0.339 e. The predicted octanol–water partition coefficient (Wildman–Crippen LogP) is 4.01. The number of carbonyl (C=O) groups is 1. The van der Waals surface area contributed by atoms with Gasteiger partial charge in [0.25, 0.3) is 0 Å². The fraction of sp³-hybridized carbons (Fsp3) is 0.438. The van der Waals surface area contributed by atoms with Gasteiger partial charge in [0.1, 0.15) is 22.7 Å². The quantitative estimate of drug-likeness (QED) is 0.915. The largest absolute Gasteiger partial charge is 0.493 e. The molecule has 1 fully saturated rings. The number of fused-ring (bicyclic) bond motifs is 1. The van der Waals surface area contributed by atoms with E-state index in [2.05, 4.69) is 0 Å². The van der Waals surface area contributed by atoms with Gasteiger partial charge in [-0.3, -0.25) is 0 Å². The summed E-state index contributed by atoms with van der Waals surface area (Å²) in [6.07, 6.45) is 5.04. The first-order valence-corrected chi connectivity index (χ1v) is 7.04. The summed E-state index contributed by atoms with van der Waals surface area (Å²) in [6, 6.07) is 5.38. The summed E-state index contributed by atoms with van der Waals surface area (Å²) in [5, 5.41) is 9.86. The zero-order chi connectivity index (χ0) is 14.1. The van der Waals surface area contributed by atoms with Gasteiger partial charge in [-0.1, -0.05) is 12.8 Å². The third kappa shape index (κ3) is 2.38. The van der Waals surface area contributed by atoms with Crippen molar-refractivity contribution in [2.45, 2.75) is 32.6 Å². The summed E-state index contributed by atoms with van der Waals surface area (Å²) in [5.41, 5.74) is 0.819. The third-order valence-electron chi connectivity index (χ3n) is 4.01. The first-order chi connectivity index (χ1) is 9.65. The highest BCUT2D eigenvalue weighted by Crippen LogP contribution is 2.30. The van der Waals surface area contributed by atoms with Gasteiger partial charge in [0, 0.05) is 5.39 Å². The zero-order valence-electron chi connectivity index (χ0n) is 11.5. The van der Waals surface area contributed by atoms with Crippen molar-refractivity contribution < 1.29 is 19.1 Å². The van der Waals surface area contributed by atoms with Gasteiger partial charge in [-0.2, -0.15) is 0 Å². The lowest BCUT2D eigenvalue weighted by molar-refractivity contribution is 0.0697. The van der Waals surface area contributed by atoms with Crippen molar-refractivity contribution >= 4 is 16.9 Å². The molecular formula is C16H18O4. The molecule has 1 aliphatic carbocycles. The molecule has 1 aliphatic rings. The van der Waals surface area contributed by atoms with Gasteiger partial charge in [0.05, 0.1) is 6.61 Å². The number of rotatable bonds is 4. The number of aromatic carboxylic acids is 1. The van der Waals surface area contributed by atoms with Gasteiger partial charge in [0.15, 0.2) is 0 Å². The first kappa shape index (κ1) is 13.0. The highest BCUT2D eigenvalue weighted by Gasteiger charge is 2.19. The van der Waals surface area contributed by atoms with Crippen LogP contribution < -0.4 is 4.74 Å². The fourth-order valence-electron chi connectivity index (χ4n) is 2.95. The fourth-order valence-corrected chi connectivity index (χ4v) is 2.95. The van der Waals surface area contributed by atoms with Gasteiger partial charge >= 0.3 is 5.97 Å². The lowest BCUT2D eigenvalue weighted by atomic mass is 10.1. The standard InChI is InChI=1S/C16H18O4/c1-10-15(16(17)18)13-8-12(6-7-14(13)20-10)19-9-11-4-2-3-5-11/h6-8,11H,2-5,9H2,1H3,(H,17,18). The second-order valence-electron chi connectivity index (χ2n) is 5.46. The molecule has 1 saturated carbocycles. The molecule has 106 valence electrons. The average molecular weight is 274 g/mol. The predicted molar refractivity (Wildman–Crippen MR) is 75.4 cm³/mol. The Morgan fingerprint density at radius 3 is 2.85 bits per heavy atom. The van der Waals surface area contributed by atoms with Crippen molar-refractivity contribution in [3.05, 3.63) is 29.5 Å². The summed E-state index contributed by atoms with van der Waals surface area (Å²) in [4.78, 5) is 11.3. The van der Waals surface area contributed by atoms with E-state index in [0.29, 0.717) is 35.0 Å². The molecule has 0 bridgehead atoms. The van der Waals surface area contributed by atoms with E-state index in [9.17, 15) is 9.90 Å². The molecule has 0 spiro atoms. The van der Waals surface area contributed by atoms with E-state index in [1.165, 1.54) is 25.7 Å². The van der Waals surface area contributed by atoms with Gasteiger partial charge in [-0.05, 0) is 43.9 Å². The van der Waals surface area contributed by atoms with Crippen molar-refractivity contribution in [3.63, 3.8) is 0 Å². The van der Waals surface area contributed by atoms with Crippen LogP contribution in [0.4, 0.5) is 0 Å². The van der Waals surface area contributed by atoms with Crippen LogP contribution in [0.1, 0.15) is 41.8 Å². The molecule has 4 nitrogen and oxygen atoms in total. The molecule has 0 atom stereocenters. The van der Waals surface area contributed by atoms with Crippen LogP contribution >= 0.6 is 0 Å². The van der Waals surface area contributed by atoms with E-state index in [1.54, 1.807) is 19.1 Å². The maximum Gasteiger partial charge on any atom is 0.339 e. The van der Waals surface area contributed by atoms with Crippen LogP contribution in [0.25, 0.3) is 11.0 Å². The Bertz CT molecular complexity index is 635. The number of benzene rings is 1. The van der Waals surface area contributed by atoms with Crippen molar-refractivity contribution in [2.24, 2.45) is 5.92 Å². The molecule has 0 saturated heterocycles. The molecule has 1 heterocycles. The van der Waals surface area contributed by atoms with Gasteiger partial charge in [-0.25, -0.2) is 4.79 Å². The molecule has 4 heteroatoms. The number of carboxylic acids is 1. The number of furan rings is 1. The van der Waals surface area contributed by atoms with Gasteiger partial charge < -0.3 is 14.3 Å². The van der Waals surface area contributed by atoms with Crippen molar-refractivity contribution in [1.82, 2.24) is 0 Å². The summed E-state index contributed by atoms with van der Waals surface area (Å²) in [7, 11) is 0. The van der Waals surface area contributed by atoms with Crippen LogP contribution in [0.15, 0.2) is 22.6 Å². The third-order valence-corrected chi connectivity index (χ3v) is 4.01. The Morgan fingerprint density at radius 2 is 2.15 bits per heavy atom. The van der Waals surface area contributed by atoms with E-state index in [-0.39, 0.29) is 5.56 Å². The molecule has 1 N–H and O–H groups in total. The molecular weight excluding hydrogens is 256 g/mol. The van der Waals surface area contributed by atoms with Crippen LogP contribution in [-0.4, -0.2) is 17.7 Å². The second kappa shape index (κ2) is 5.19. The van der Waals surface area contributed by atoms with E-state index < -0.39 is 5.97 Å². The zero-order valence-corrected chi connectivity index (χ0v) is 11.5. The van der Waals surface area contributed by atoms with E-state index in [1.807, 2.05) is 6.07 Å². The first-order valence-electron chi connectivity index (χ1n) is 7.04. The maximum absolute atomic E-state index is 11.3. The Balaban J connectivity index is 1.85. The minimum Gasteiger partial charge on any atom is -0.493 e. The molecule has 3 rings (SSSR count). The van der Waals surface area contributed by atoms with Crippen LogP contribution in [0.2, 0.25) is 0 Å². The maximum atomic E-state index is 11.3. The van der Waals surface area contributed by atoms with Crippen molar-refractivity contribution in [2.75, 3.05) is 6.61 Å². The van der Waals surface area contributed by atoms with Crippen LogP contribution in [0.3, 0.4) is 0 Å². The second-order valence-corrected chi connectivity index (χ2v) is 5.46. The highest BCUT2D eigenvalue weighted by molar-refractivity contribution is 6.03. The molecule has 0 radical (unpaired) electrons. The molecule has 1 aromatic heterocycles. The molecule has 1 aromatic carbocycles. The van der Waals surface area contributed by atoms with E-state index >= 15 is 0 Å². The Morgan fingerprint density at radius 1 is 1.40 bits per heavy atom. The van der Waals surface area contributed by atoms with Crippen LogP contribution in [0, 0.1) is 12.8 Å². The minimum absolute atomic E-state index is 0.228. The average Bonchev–Trinajstić information content (AvgIpc) is 3.01. The molecule has 0 unspecified atom stereocenters. The molecule has 20 heavy (non-hydrogen) atoms. The molecule has 0 amide bonds. The van der Waals surface area contributed by atoms with Crippen LogP contribution in [-0.2, 0) is 0 Å². The van der Waals surface area contributed by atoms with Crippen LogP contribution in [0.5, 0.6) is 5.75 Å².